The zero-order valence-electron chi connectivity index (χ0n) is 16.0. The summed E-state index contributed by atoms with van der Waals surface area (Å²) >= 11 is 5.13. The molecule has 0 fully saturated rings. The van der Waals surface area contributed by atoms with Crippen molar-refractivity contribution in [3.63, 3.8) is 0 Å². The van der Waals surface area contributed by atoms with Crippen molar-refractivity contribution in [3.05, 3.63) is 76.8 Å². The summed E-state index contributed by atoms with van der Waals surface area (Å²) < 4.78 is 7.74. The fourth-order valence-electron chi connectivity index (χ4n) is 2.97. The molecule has 146 valence electrons. The molecule has 6 heteroatoms. The summed E-state index contributed by atoms with van der Waals surface area (Å²) in [5.74, 6) is 0.485. The van der Waals surface area contributed by atoms with E-state index in [1.807, 2.05) is 68.4 Å². The van der Waals surface area contributed by atoms with Crippen molar-refractivity contribution in [2.45, 2.75) is 20.0 Å². The van der Waals surface area contributed by atoms with Gasteiger partial charge in [-0.15, -0.1) is 11.3 Å². The van der Waals surface area contributed by atoms with Crippen molar-refractivity contribution in [3.8, 4) is 16.3 Å². The van der Waals surface area contributed by atoms with Crippen LogP contribution < -0.4 is 10.1 Å². The molecule has 4 aromatic rings. The highest BCUT2D eigenvalue weighted by Crippen LogP contribution is 2.36. The number of carbonyl (C=O) groups excluding carboxylic acids is 1. The van der Waals surface area contributed by atoms with Crippen LogP contribution in [0.3, 0.4) is 0 Å². The van der Waals surface area contributed by atoms with E-state index in [0.717, 1.165) is 25.3 Å². The smallest absolute Gasteiger partial charge is 0.255 e. The zero-order valence-corrected chi connectivity index (χ0v) is 18.4. The van der Waals surface area contributed by atoms with Crippen LogP contribution >= 0.6 is 27.3 Å². The molecule has 3 aromatic carbocycles. The lowest BCUT2D eigenvalue weighted by atomic mass is 10.1. The molecule has 4 nitrogen and oxygen atoms in total. The van der Waals surface area contributed by atoms with Crippen molar-refractivity contribution in [2.24, 2.45) is 0 Å². The first-order valence-electron chi connectivity index (χ1n) is 9.23. The molecule has 0 atom stereocenters. The van der Waals surface area contributed by atoms with Gasteiger partial charge in [0.1, 0.15) is 10.8 Å². The van der Waals surface area contributed by atoms with Gasteiger partial charge in [-0.05, 0) is 62.4 Å². The third kappa shape index (κ3) is 4.49. The van der Waals surface area contributed by atoms with E-state index in [9.17, 15) is 4.79 Å². The molecule has 0 aliphatic rings. The minimum absolute atomic E-state index is 0.0467. The van der Waals surface area contributed by atoms with Gasteiger partial charge in [-0.3, -0.25) is 4.79 Å². The summed E-state index contributed by atoms with van der Waals surface area (Å²) in [7, 11) is 0. The quantitative estimate of drug-likeness (QED) is 0.353. The number of benzene rings is 3. The predicted octanol–water partition coefficient (Wildman–Crippen LogP) is 6.77. The van der Waals surface area contributed by atoms with Crippen molar-refractivity contribution < 1.29 is 9.53 Å². The second-order valence-electron chi connectivity index (χ2n) is 6.83. The molecule has 0 spiro atoms. The van der Waals surface area contributed by atoms with Crippen molar-refractivity contribution in [1.29, 1.82) is 0 Å². The summed E-state index contributed by atoms with van der Waals surface area (Å²) in [6.07, 6.45) is 0.0467. The first-order valence-corrected chi connectivity index (χ1v) is 10.8. The first kappa shape index (κ1) is 19.6. The van der Waals surface area contributed by atoms with Crippen LogP contribution in [0.5, 0.6) is 5.75 Å². The number of carbonyl (C=O) groups is 1. The summed E-state index contributed by atoms with van der Waals surface area (Å²) in [6, 6.07) is 21.0. The van der Waals surface area contributed by atoms with E-state index in [1.165, 1.54) is 0 Å². The molecule has 0 aliphatic heterocycles. The molecule has 4 rings (SSSR count). The number of nitrogens with zero attached hydrogens (tertiary/aromatic N) is 1. The third-order valence-electron chi connectivity index (χ3n) is 4.22. The van der Waals surface area contributed by atoms with Gasteiger partial charge in [-0.25, -0.2) is 4.98 Å². The molecule has 0 bridgehead atoms. The third-order valence-corrected chi connectivity index (χ3v) is 5.79. The summed E-state index contributed by atoms with van der Waals surface area (Å²) in [5.41, 5.74) is 3.08. The molecular formula is C23H19BrN2O2S. The summed E-state index contributed by atoms with van der Waals surface area (Å²) in [4.78, 5) is 17.6. The maximum atomic E-state index is 12.9. The lowest BCUT2D eigenvalue weighted by Gasteiger charge is -2.12. The highest BCUT2D eigenvalue weighted by atomic mass is 79.9. The second kappa shape index (κ2) is 8.35. The number of hydrogen-bond donors (Lipinski definition) is 1. The van der Waals surface area contributed by atoms with Crippen LogP contribution in [0, 0.1) is 0 Å². The van der Waals surface area contributed by atoms with Gasteiger partial charge in [0.05, 0.1) is 22.0 Å². The minimum atomic E-state index is -0.191. The Bertz CT molecular complexity index is 1150. The van der Waals surface area contributed by atoms with Crippen LogP contribution in [0.25, 0.3) is 20.8 Å². The number of nitrogens with one attached hydrogen (secondary N) is 1. The Balaban J connectivity index is 1.66. The molecule has 1 heterocycles. The molecule has 29 heavy (non-hydrogen) atoms. The Hall–Kier alpha value is -2.70. The van der Waals surface area contributed by atoms with E-state index in [1.54, 1.807) is 23.5 Å². The number of halogens is 1. The maximum absolute atomic E-state index is 12.9. The lowest BCUT2D eigenvalue weighted by molar-refractivity contribution is 0.102. The molecule has 0 aliphatic carbocycles. The van der Waals surface area contributed by atoms with Crippen molar-refractivity contribution in [2.75, 3.05) is 5.32 Å². The summed E-state index contributed by atoms with van der Waals surface area (Å²) in [5, 5.41) is 3.89. The number of fused-ring (bicyclic) bond motifs is 1. The maximum Gasteiger partial charge on any atom is 0.255 e. The molecule has 1 N–H and O–H groups in total. The van der Waals surface area contributed by atoms with E-state index in [4.69, 9.17) is 9.72 Å². The molecule has 0 radical (unpaired) electrons. The van der Waals surface area contributed by atoms with Crippen LogP contribution in [-0.2, 0) is 0 Å². The highest BCUT2D eigenvalue weighted by molar-refractivity contribution is 9.10. The molecule has 0 saturated heterocycles. The first-order chi connectivity index (χ1) is 14.0. The Labute approximate surface area is 181 Å². The van der Waals surface area contributed by atoms with E-state index < -0.39 is 0 Å². The monoisotopic (exact) mass is 466 g/mol. The van der Waals surface area contributed by atoms with Gasteiger partial charge in [0, 0.05) is 15.6 Å². The topological polar surface area (TPSA) is 51.2 Å². The van der Waals surface area contributed by atoms with Gasteiger partial charge in [0.25, 0.3) is 5.91 Å². The number of para-hydroxylation sites is 1. The standard InChI is InChI=1S/C23H19BrN2O2S/c1-14(2)28-17-7-5-6-15(12-17)22(27)25-19-11-10-16(24)13-18(19)23-26-20-8-3-4-9-21(20)29-23/h3-14H,1-2H3,(H,25,27). The van der Waals surface area contributed by atoms with Gasteiger partial charge in [0.15, 0.2) is 0 Å². The molecule has 1 aromatic heterocycles. The predicted molar refractivity (Wildman–Crippen MR) is 123 cm³/mol. The van der Waals surface area contributed by atoms with Crippen molar-refractivity contribution >= 4 is 49.1 Å². The second-order valence-corrected chi connectivity index (χ2v) is 8.77. The van der Waals surface area contributed by atoms with E-state index >= 15 is 0 Å². The van der Waals surface area contributed by atoms with E-state index in [2.05, 4.69) is 21.2 Å². The number of hydrogen-bond acceptors (Lipinski definition) is 4. The minimum Gasteiger partial charge on any atom is -0.491 e. The van der Waals surface area contributed by atoms with Crippen LogP contribution in [0.15, 0.2) is 71.2 Å². The van der Waals surface area contributed by atoms with Crippen LogP contribution in [0.4, 0.5) is 5.69 Å². The molecule has 0 unspecified atom stereocenters. The van der Waals surface area contributed by atoms with E-state index in [0.29, 0.717) is 17.0 Å². The van der Waals surface area contributed by atoms with Gasteiger partial charge in [-0.2, -0.15) is 0 Å². The van der Waals surface area contributed by atoms with E-state index in [-0.39, 0.29) is 12.0 Å². The molecular weight excluding hydrogens is 448 g/mol. The molecule has 1 amide bonds. The number of amides is 1. The molecule has 0 saturated carbocycles. The fourth-order valence-corrected chi connectivity index (χ4v) is 4.32. The Morgan fingerprint density at radius 1 is 1.07 bits per heavy atom. The van der Waals surface area contributed by atoms with Gasteiger partial charge in [0.2, 0.25) is 0 Å². The van der Waals surface area contributed by atoms with Crippen LogP contribution in [-0.4, -0.2) is 17.0 Å². The van der Waals surface area contributed by atoms with Gasteiger partial charge in [-0.1, -0.05) is 34.1 Å². The number of aromatic nitrogens is 1. The summed E-state index contributed by atoms with van der Waals surface area (Å²) in [6.45, 7) is 3.91. The SMILES string of the molecule is CC(C)Oc1cccc(C(=O)Nc2ccc(Br)cc2-c2nc3ccccc3s2)c1. The van der Waals surface area contributed by atoms with Crippen LogP contribution in [0.2, 0.25) is 0 Å². The largest absolute Gasteiger partial charge is 0.491 e. The normalized spacial score (nSPS) is 11.0. The Kier molecular flexibility index (Phi) is 5.65. The average Bonchev–Trinajstić information content (AvgIpc) is 3.13. The van der Waals surface area contributed by atoms with Crippen LogP contribution in [0.1, 0.15) is 24.2 Å². The zero-order chi connectivity index (χ0) is 20.4. The lowest BCUT2D eigenvalue weighted by Crippen LogP contribution is -2.13. The van der Waals surface area contributed by atoms with Gasteiger partial charge >= 0.3 is 0 Å². The highest BCUT2D eigenvalue weighted by Gasteiger charge is 2.15. The van der Waals surface area contributed by atoms with Gasteiger partial charge < -0.3 is 10.1 Å². The van der Waals surface area contributed by atoms with Crippen molar-refractivity contribution in [1.82, 2.24) is 4.98 Å². The fraction of sp³-hybridized carbons (Fsp3) is 0.130. The Morgan fingerprint density at radius 3 is 2.69 bits per heavy atom. The number of thiazole rings is 1. The number of rotatable bonds is 5. The average molecular weight is 467 g/mol. The number of ether oxygens (including phenoxy) is 1. The number of anilines is 1. The Morgan fingerprint density at radius 2 is 1.90 bits per heavy atom.